The van der Waals surface area contributed by atoms with E-state index in [1.54, 1.807) is 13.8 Å². The van der Waals surface area contributed by atoms with Crippen LogP contribution < -0.4 is 5.32 Å². The Kier molecular flexibility index (Phi) is 3.92. The molecule has 2 saturated heterocycles. The van der Waals surface area contributed by atoms with Gasteiger partial charge in [0.15, 0.2) is 5.79 Å². The zero-order chi connectivity index (χ0) is 14.9. The fourth-order valence-corrected chi connectivity index (χ4v) is 2.07. The first kappa shape index (κ1) is 14.7. The van der Waals surface area contributed by atoms with Gasteiger partial charge in [0.05, 0.1) is 13.2 Å². The summed E-state index contributed by atoms with van der Waals surface area (Å²) in [6, 6.07) is 0. The molecule has 0 spiro atoms. The number of carbonyl (C=O) groups excluding carboxylic acids is 3. The number of piperazine rings is 1. The van der Waals surface area contributed by atoms with Crippen molar-refractivity contribution in [2.75, 3.05) is 19.8 Å². The van der Waals surface area contributed by atoms with E-state index >= 15 is 0 Å². The summed E-state index contributed by atoms with van der Waals surface area (Å²) < 4.78 is 11.0. The van der Waals surface area contributed by atoms with Gasteiger partial charge >= 0.3 is 0 Å². The lowest BCUT2D eigenvalue weighted by Crippen LogP contribution is -2.52. The van der Waals surface area contributed by atoms with Gasteiger partial charge in [0.25, 0.3) is 5.91 Å². The fourth-order valence-electron chi connectivity index (χ4n) is 2.07. The lowest BCUT2D eigenvalue weighted by atomic mass is 10.1. The van der Waals surface area contributed by atoms with Gasteiger partial charge in [-0.15, -0.1) is 0 Å². The van der Waals surface area contributed by atoms with E-state index in [2.05, 4.69) is 5.32 Å². The van der Waals surface area contributed by atoms with Gasteiger partial charge in [-0.05, 0) is 25.8 Å². The van der Waals surface area contributed by atoms with E-state index in [1.165, 1.54) is 6.92 Å². The van der Waals surface area contributed by atoms with E-state index in [-0.39, 0.29) is 24.8 Å². The molecule has 0 atom stereocenters. The first-order chi connectivity index (χ1) is 9.30. The van der Waals surface area contributed by atoms with Crippen molar-refractivity contribution in [3.8, 4) is 0 Å². The Hall–Kier alpha value is -1.73. The van der Waals surface area contributed by atoms with Crippen molar-refractivity contribution < 1.29 is 23.9 Å². The van der Waals surface area contributed by atoms with Crippen molar-refractivity contribution in [2.45, 2.75) is 33.0 Å². The molecule has 0 aromatic rings. The van der Waals surface area contributed by atoms with Crippen LogP contribution in [0.4, 0.5) is 0 Å². The van der Waals surface area contributed by atoms with E-state index in [9.17, 15) is 14.4 Å². The second kappa shape index (κ2) is 5.34. The molecule has 1 N–H and O–H groups in total. The number of nitrogens with one attached hydrogen (secondary N) is 1. The van der Waals surface area contributed by atoms with Gasteiger partial charge < -0.3 is 14.8 Å². The summed E-state index contributed by atoms with van der Waals surface area (Å²) in [5.41, 5.74) is 0.776. The average Bonchev–Trinajstić information content (AvgIpc) is 2.52. The lowest BCUT2D eigenvalue weighted by Gasteiger charge is -2.27. The number of nitrogens with zero attached hydrogens (tertiary/aromatic N) is 1. The number of imide groups is 1. The van der Waals surface area contributed by atoms with Crippen molar-refractivity contribution in [1.82, 2.24) is 10.2 Å². The van der Waals surface area contributed by atoms with Gasteiger partial charge in [0.2, 0.25) is 11.8 Å². The fraction of sp³-hybridized carbons (Fsp3) is 0.615. The molecule has 7 nitrogen and oxygen atoms in total. The third kappa shape index (κ3) is 3.05. The number of amides is 3. The Labute approximate surface area is 116 Å². The first-order valence-corrected chi connectivity index (χ1v) is 6.42. The second-order valence-corrected chi connectivity index (χ2v) is 5.22. The minimum absolute atomic E-state index is 0.137. The summed E-state index contributed by atoms with van der Waals surface area (Å²) in [6.45, 7) is 5.14. The van der Waals surface area contributed by atoms with Crippen molar-refractivity contribution >= 4 is 17.7 Å². The summed E-state index contributed by atoms with van der Waals surface area (Å²) in [5, 5.41) is 2.54. The number of hydrogen-bond acceptors (Lipinski definition) is 5. The minimum Gasteiger partial charge on any atom is -0.350 e. The smallest absolute Gasteiger partial charge is 0.277 e. The quantitative estimate of drug-likeness (QED) is 0.628. The number of hydrogen-bond donors (Lipinski definition) is 1. The van der Waals surface area contributed by atoms with Crippen LogP contribution in [0.2, 0.25) is 0 Å². The Balaban J connectivity index is 2.28. The van der Waals surface area contributed by atoms with Gasteiger partial charge in [0, 0.05) is 6.92 Å². The molecule has 0 saturated carbocycles. The molecule has 2 aliphatic heterocycles. The van der Waals surface area contributed by atoms with Gasteiger partial charge in [-0.2, -0.15) is 0 Å². The normalized spacial score (nSPS) is 27.1. The van der Waals surface area contributed by atoms with Crippen LogP contribution >= 0.6 is 0 Å². The molecule has 2 heterocycles. The zero-order valence-corrected chi connectivity index (χ0v) is 11.8. The number of rotatable bonds is 0. The molecule has 7 heteroatoms. The molecular formula is C13H18N2O5. The van der Waals surface area contributed by atoms with Crippen LogP contribution in [0.3, 0.4) is 0 Å². The molecule has 0 unspecified atom stereocenters. The third-order valence-corrected chi connectivity index (χ3v) is 3.21. The van der Waals surface area contributed by atoms with Crippen LogP contribution in [0.1, 0.15) is 27.2 Å². The Morgan fingerprint density at radius 2 is 2.00 bits per heavy atom. The topological polar surface area (TPSA) is 84.9 Å². The Bertz CT molecular complexity index is 495. The van der Waals surface area contributed by atoms with Crippen LogP contribution in [0, 0.1) is 0 Å². The first-order valence-electron chi connectivity index (χ1n) is 6.42. The standard InChI is InChI=1S/C13H18N2O5/c1-8(16)15-6-10(17)14-11(12(15)18)9-4-5-19-13(2,3)20-7-9/h4-7H2,1-3H3,(H,14,17)/b11-9-. The summed E-state index contributed by atoms with van der Waals surface area (Å²) in [5.74, 6) is -2.05. The molecule has 2 aliphatic rings. The summed E-state index contributed by atoms with van der Waals surface area (Å²) in [7, 11) is 0. The van der Waals surface area contributed by atoms with E-state index in [0.29, 0.717) is 18.6 Å². The highest BCUT2D eigenvalue weighted by molar-refractivity contribution is 6.11. The van der Waals surface area contributed by atoms with E-state index < -0.39 is 17.6 Å². The maximum atomic E-state index is 12.2. The summed E-state index contributed by atoms with van der Waals surface area (Å²) in [6.07, 6.45) is 0.469. The zero-order valence-electron chi connectivity index (χ0n) is 11.8. The van der Waals surface area contributed by atoms with Crippen molar-refractivity contribution in [2.24, 2.45) is 0 Å². The largest absolute Gasteiger partial charge is 0.350 e. The maximum absolute atomic E-state index is 12.2. The molecule has 0 aliphatic carbocycles. The Morgan fingerprint density at radius 3 is 2.65 bits per heavy atom. The maximum Gasteiger partial charge on any atom is 0.277 e. The molecule has 0 aromatic carbocycles. The summed E-state index contributed by atoms with van der Waals surface area (Å²) in [4.78, 5) is 36.2. The predicted molar refractivity (Wildman–Crippen MR) is 68.2 cm³/mol. The number of ether oxygens (including phenoxy) is 2. The van der Waals surface area contributed by atoms with Crippen LogP contribution in [0.5, 0.6) is 0 Å². The lowest BCUT2D eigenvalue weighted by molar-refractivity contribution is -0.197. The molecule has 2 rings (SSSR count). The molecule has 20 heavy (non-hydrogen) atoms. The minimum atomic E-state index is -0.732. The van der Waals surface area contributed by atoms with Crippen molar-refractivity contribution in [1.29, 1.82) is 0 Å². The molecule has 2 fully saturated rings. The summed E-state index contributed by atoms with van der Waals surface area (Å²) >= 11 is 0. The van der Waals surface area contributed by atoms with Gasteiger partial charge in [-0.1, -0.05) is 0 Å². The Morgan fingerprint density at radius 1 is 1.30 bits per heavy atom. The highest BCUT2D eigenvalue weighted by Crippen LogP contribution is 2.23. The highest BCUT2D eigenvalue weighted by Gasteiger charge is 2.34. The SMILES string of the molecule is CC(=O)N1CC(=O)N/C(=C2/CCOC(C)(C)OC2)C1=O. The van der Waals surface area contributed by atoms with Gasteiger partial charge in [-0.25, -0.2) is 0 Å². The molecule has 0 aromatic heterocycles. The average molecular weight is 282 g/mol. The molecule has 110 valence electrons. The van der Waals surface area contributed by atoms with Gasteiger partial charge in [-0.3, -0.25) is 19.3 Å². The molecule has 0 bridgehead atoms. The number of carbonyl (C=O) groups is 3. The van der Waals surface area contributed by atoms with E-state index in [4.69, 9.17) is 9.47 Å². The molecule has 3 amide bonds. The van der Waals surface area contributed by atoms with Crippen LogP contribution in [0.25, 0.3) is 0 Å². The second-order valence-electron chi connectivity index (χ2n) is 5.22. The molecular weight excluding hydrogens is 264 g/mol. The van der Waals surface area contributed by atoms with Crippen LogP contribution in [-0.4, -0.2) is 48.2 Å². The van der Waals surface area contributed by atoms with Crippen molar-refractivity contribution in [3.63, 3.8) is 0 Å². The predicted octanol–water partition coefficient (Wildman–Crippen LogP) is -0.0816. The van der Waals surface area contributed by atoms with Crippen LogP contribution in [-0.2, 0) is 23.9 Å². The van der Waals surface area contributed by atoms with Crippen molar-refractivity contribution in [3.05, 3.63) is 11.3 Å². The van der Waals surface area contributed by atoms with Crippen LogP contribution in [0.15, 0.2) is 11.3 Å². The molecule has 0 radical (unpaired) electrons. The highest BCUT2D eigenvalue weighted by atomic mass is 16.7. The monoisotopic (exact) mass is 282 g/mol. The van der Waals surface area contributed by atoms with Gasteiger partial charge in [0.1, 0.15) is 12.2 Å². The van der Waals surface area contributed by atoms with E-state index in [0.717, 1.165) is 4.90 Å². The van der Waals surface area contributed by atoms with E-state index in [1.807, 2.05) is 0 Å². The third-order valence-electron chi connectivity index (χ3n) is 3.21.